The maximum absolute atomic E-state index is 13.2. The van der Waals surface area contributed by atoms with E-state index in [4.69, 9.17) is 4.74 Å². The van der Waals surface area contributed by atoms with Gasteiger partial charge >= 0.3 is 0 Å². The SMILES string of the molecule is CO[C@H]1C[C@@H](c2cccc(F)c2)N[C@H]1C(C)C. The second-order valence-electron chi connectivity index (χ2n) is 5.05. The molecule has 1 aliphatic rings. The smallest absolute Gasteiger partial charge is 0.123 e. The first kappa shape index (κ1) is 12.5. The lowest BCUT2D eigenvalue weighted by Gasteiger charge is -2.21. The molecule has 2 rings (SSSR count). The maximum atomic E-state index is 13.2. The summed E-state index contributed by atoms with van der Waals surface area (Å²) < 4.78 is 18.7. The van der Waals surface area contributed by atoms with Gasteiger partial charge in [0, 0.05) is 19.2 Å². The predicted molar refractivity (Wildman–Crippen MR) is 66.3 cm³/mol. The Balaban J connectivity index is 2.15. The third kappa shape index (κ3) is 2.67. The van der Waals surface area contributed by atoms with E-state index in [1.807, 2.05) is 6.07 Å². The van der Waals surface area contributed by atoms with Crippen LogP contribution in [0.1, 0.15) is 31.9 Å². The Bertz CT molecular complexity index is 380. The van der Waals surface area contributed by atoms with Crippen LogP contribution in [0.25, 0.3) is 0 Å². The molecule has 17 heavy (non-hydrogen) atoms. The summed E-state index contributed by atoms with van der Waals surface area (Å²) in [7, 11) is 1.75. The van der Waals surface area contributed by atoms with E-state index in [0.29, 0.717) is 12.0 Å². The molecule has 0 aromatic heterocycles. The quantitative estimate of drug-likeness (QED) is 0.872. The summed E-state index contributed by atoms with van der Waals surface area (Å²) in [5.41, 5.74) is 1.01. The van der Waals surface area contributed by atoms with Crippen LogP contribution in [0.4, 0.5) is 4.39 Å². The molecule has 1 heterocycles. The third-order valence-corrected chi connectivity index (χ3v) is 3.53. The van der Waals surface area contributed by atoms with Gasteiger partial charge in [-0.25, -0.2) is 4.39 Å². The van der Waals surface area contributed by atoms with E-state index in [9.17, 15) is 4.39 Å². The summed E-state index contributed by atoms with van der Waals surface area (Å²) in [6, 6.07) is 7.35. The largest absolute Gasteiger partial charge is 0.380 e. The Labute approximate surface area is 102 Å². The molecule has 1 N–H and O–H groups in total. The number of hydrogen-bond donors (Lipinski definition) is 1. The fourth-order valence-electron chi connectivity index (χ4n) is 2.61. The van der Waals surface area contributed by atoms with E-state index in [2.05, 4.69) is 19.2 Å². The molecule has 0 unspecified atom stereocenters. The summed E-state index contributed by atoms with van der Waals surface area (Å²) in [6.07, 6.45) is 1.12. The van der Waals surface area contributed by atoms with Crippen LogP contribution in [0.3, 0.4) is 0 Å². The number of ether oxygens (including phenoxy) is 1. The molecule has 1 aromatic carbocycles. The minimum absolute atomic E-state index is 0.175. The van der Waals surface area contributed by atoms with Crippen LogP contribution in [0.15, 0.2) is 24.3 Å². The van der Waals surface area contributed by atoms with Crippen molar-refractivity contribution >= 4 is 0 Å². The van der Waals surface area contributed by atoms with Crippen LogP contribution in [-0.4, -0.2) is 19.3 Å². The van der Waals surface area contributed by atoms with Crippen molar-refractivity contribution in [3.63, 3.8) is 0 Å². The van der Waals surface area contributed by atoms with Gasteiger partial charge in [-0.2, -0.15) is 0 Å². The van der Waals surface area contributed by atoms with Crippen molar-refractivity contribution in [3.05, 3.63) is 35.6 Å². The van der Waals surface area contributed by atoms with Gasteiger partial charge in [0.15, 0.2) is 0 Å². The molecule has 3 heteroatoms. The van der Waals surface area contributed by atoms with Gasteiger partial charge in [0.25, 0.3) is 0 Å². The van der Waals surface area contributed by atoms with E-state index in [1.165, 1.54) is 6.07 Å². The van der Waals surface area contributed by atoms with Crippen LogP contribution in [0.2, 0.25) is 0 Å². The summed E-state index contributed by atoms with van der Waals surface area (Å²) in [4.78, 5) is 0. The number of benzene rings is 1. The molecule has 3 atom stereocenters. The molecule has 1 fully saturated rings. The molecule has 1 aromatic rings. The second-order valence-corrected chi connectivity index (χ2v) is 5.05. The van der Waals surface area contributed by atoms with Crippen molar-refractivity contribution in [3.8, 4) is 0 Å². The lowest BCUT2D eigenvalue weighted by atomic mass is 9.99. The first-order valence-corrected chi connectivity index (χ1v) is 6.16. The van der Waals surface area contributed by atoms with E-state index in [0.717, 1.165) is 12.0 Å². The molecule has 0 amide bonds. The molecule has 0 bridgehead atoms. The number of rotatable bonds is 3. The highest BCUT2D eigenvalue weighted by atomic mass is 19.1. The topological polar surface area (TPSA) is 21.3 Å². The van der Waals surface area contributed by atoms with Gasteiger partial charge in [0.1, 0.15) is 5.82 Å². The molecule has 0 radical (unpaired) electrons. The van der Waals surface area contributed by atoms with Gasteiger partial charge in [-0.15, -0.1) is 0 Å². The molecular formula is C14H20FNO. The van der Waals surface area contributed by atoms with Gasteiger partial charge < -0.3 is 10.1 Å². The lowest BCUT2D eigenvalue weighted by molar-refractivity contribution is 0.0779. The van der Waals surface area contributed by atoms with E-state index < -0.39 is 0 Å². The highest BCUT2D eigenvalue weighted by molar-refractivity contribution is 5.22. The Morgan fingerprint density at radius 2 is 2.18 bits per heavy atom. The average Bonchev–Trinajstić information content (AvgIpc) is 2.73. The van der Waals surface area contributed by atoms with Gasteiger partial charge in [0.2, 0.25) is 0 Å². The molecule has 0 saturated carbocycles. The normalized spacial score (nSPS) is 28.9. The van der Waals surface area contributed by atoms with Crippen molar-refractivity contribution in [1.29, 1.82) is 0 Å². The number of hydrogen-bond acceptors (Lipinski definition) is 2. The zero-order valence-corrected chi connectivity index (χ0v) is 10.6. The van der Waals surface area contributed by atoms with Crippen LogP contribution in [-0.2, 0) is 4.74 Å². The third-order valence-electron chi connectivity index (χ3n) is 3.53. The van der Waals surface area contributed by atoms with Gasteiger partial charge in [-0.3, -0.25) is 0 Å². The second kappa shape index (κ2) is 5.15. The van der Waals surface area contributed by atoms with Crippen LogP contribution in [0, 0.1) is 11.7 Å². The average molecular weight is 237 g/mol. The molecular weight excluding hydrogens is 217 g/mol. The summed E-state index contributed by atoms with van der Waals surface area (Å²) >= 11 is 0. The summed E-state index contributed by atoms with van der Waals surface area (Å²) in [5.74, 6) is 0.338. The first-order chi connectivity index (χ1) is 8.11. The zero-order chi connectivity index (χ0) is 12.4. The molecule has 2 nitrogen and oxygen atoms in total. The van der Waals surface area contributed by atoms with Gasteiger partial charge in [-0.1, -0.05) is 26.0 Å². The summed E-state index contributed by atoms with van der Waals surface area (Å²) in [6.45, 7) is 4.36. The van der Waals surface area contributed by atoms with Crippen LogP contribution in [0.5, 0.6) is 0 Å². The van der Waals surface area contributed by atoms with Crippen molar-refractivity contribution in [1.82, 2.24) is 5.32 Å². The van der Waals surface area contributed by atoms with Crippen molar-refractivity contribution < 1.29 is 9.13 Å². The maximum Gasteiger partial charge on any atom is 0.123 e. The van der Waals surface area contributed by atoms with E-state index in [1.54, 1.807) is 19.2 Å². The standard InChI is InChI=1S/C14H20FNO/c1-9(2)14-13(17-3)8-12(16-14)10-5-4-6-11(15)7-10/h4-7,9,12-14,16H,8H2,1-3H3/t12-,13-,14-/m0/s1. The number of halogens is 1. The van der Waals surface area contributed by atoms with Crippen LogP contribution >= 0.6 is 0 Å². The molecule has 0 aliphatic carbocycles. The van der Waals surface area contributed by atoms with Crippen molar-refractivity contribution in [2.75, 3.05) is 7.11 Å². The van der Waals surface area contributed by atoms with E-state index in [-0.39, 0.29) is 18.0 Å². The van der Waals surface area contributed by atoms with Crippen molar-refractivity contribution in [2.45, 2.75) is 38.5 Å². The minimum atomic E-state index is -0.175. The number of nitrogens with one attached hydrogen (secondary N) is 1. The predicted octanol–water partition coefficient (Wildman–Crippen LogP) is 2.90. The molecule has 94 valence electrons. The van der Waals surface area contributed by atoms with Gasteiger partial charge in [-0.05, 0) is 30.0 Å². The first-order valence-electron chi connectivity index (χ1n) is 6.16. The minimum Gasteiger partial charge on any atom is -0.380 e. The monoisotopic (exact) mass is 237 g/mol. The Kier molecular flexibility index (Phi) is 3.79. The molecule has 0 spiro atoms. The molecule has 1 saturated heterocycles. The fourth-order valence-corrected chi connectivity index (χ4v) is 2.61. The Morgan fingerprint density at radius 3 is 2.71 bits per heavy atom. The zero-order valence-electron chi connectivity index (χ0n) is 10.6. The van der Waals surface area contributed by atoms with Crippen molar-refractivity contribution in [2.24, 2.45) is 5.92 Å². The fraction of sp³-hybridized carbons (Fsp3) is 0.571. The number of methoxy groups -OCH3 is 1. The van der Waals surface area contributed by atoms with Gasteiger partial charge in [0.05, 0.1) is 6.10 Å². The summed E-state index contributed by atoms with van der Waals surface area (Å²) in [5, 5.41) is 3.54. The highest BCUT2D eigenvalue weighted by Crippen LogP contribution is 2.31. The Hall–Kier alpha value is -0.930. The van der Waals surface area contributed by atoms with Crippen LogP contribution < -0.4 is 5.32 Å². The Morgan fingerprint density at radius 1 is 1.41 bits per heavy atom. The lowest BCUT2D eigenvalue weighted by Crippen LogP contribution is -2.36. The van der Waals surface area contributed by atoms with E-state index >= 15 is 0 Å². The highest BCUT2D eigenvalue weighted by Gasteiger charge is 2.36. The molecule has 1 aliphatic heterocycles.